The van der Waals surface area contributed by atoms with Gasteiger partial charge in [-0.2, -0.15) is 0 Å². The molecule has 0 aliphatic carbocycles. The highest BCUT2D eigenvalue weighted by Crippen LogP contribution is 2.51. The van der Waals surface area contributed by atoms with Crippen LogP contribution in [0.3, 0.4) is 0 Å². The van der Waals surface area contributed by atoms with Gasteiger partial charge < -0.3 is 24.1 Å². The van der Waals surface area contributed by atoms with Crippen molar-refractivity contribution in [1.29, 1.82) is 0 Å². The summed E-state index contributed by atoms with van der Waals surface area (Å²) in [7, 11) is 1.65. The zero-order valence-electron chi connectivity index (χ0n) is 13.9. The van der Waals surface area contributed by atoms with E-state index >= 15 is 0 Å². The molecule has 0 spiro atoms. The number of benzene rings is 2. The number of methoxy groups -OCH3 is 1. The molecule has 2 aliphatic heterocycles. The Labute approximate surface area is 140 Å². The van der Waals surface area contributed by atoms with Gasteiger partial charge in [0.1, 0.15) is 11.5 Å². The van der Waals surface area contributed by atoms with Gasteiger partial charge >= 0.3 is 0 Å². The summed E-state index contributed by atoms with van der Waals surface area (Å²) >= 11 is 0. The largest absolute Gasteiger partial charge is 0.497 e. The van der Waals surface area contributed by atoms with E-state index in [1.165, 1.54) is 0 Å². The van der Waals surface area contributed by atoms with Crippen molar-refractivity contribution in [3.8, 4) is 23.0 Å². The molecule has 3 atom stereocenters. The first kappa shape index (κ1) is 15.1. The molecular formula is C19H20O5. The lowest BCUT2D eigenvalue weighted by atomic mass is 9.75. The second kappa shape index (κ2) is 5.31. The highest BCUT2D eigenvalue weighted by Gasteiger charge is 2.44. The van der Waals surface area contributed by atoms with Crippen LogP contribution in [0, 0.1) is 5.92 Å². The van der Waals surface area contributed by atoms with Crippen molar-refractivity contribution in [2.75, 3.05) is 13.9 Å². The lowest BCUT2D eigenvalue weighted by molar-refractivity contribution is -0.171. The quantitative estimate of drug-likeness (QED) is 0.917. The Balaban J connectivity index is 1.85. The van der Waals surface area contributed by atoms with Crippen LogP contribution in [0.25, 0.3) is 0 Å². The number of hydrogen-bond acceptors (Lipinski definition) is 5. The highest BCUT2D eigenvalue weighted by molar-refractivity contribution is 5.56. The molecule has 0 radical (unpaired) electrons. The number of rotatable bonds is 2. The molecule has 2 heterocycles. The lowest BCUT2D eigenvalue weighted by Crippen LogP contribution is -2.45. The maximum Gasteiger partial charge on any atom is 0.231 e. The molecule has 2 aromatic rings. The fourth-order valence-electron chi connectivity index (χ4n) is 3.44. The van der Waals surface area contributed by atoms with Gasteiger partial charge in [0, 0.05) is 30.4 Å². The third-order valence-corrected chi connectivity index (χ3v) is 4.98. The maximum atomic E-state index is 10.8. The van der Waals surface area contributed by atoms with E-state index in [2.05, 4.69) is 0 Å². The third-order valence-electron chi connectivity index (χ3n) is 4.98. The predicted molar refractivity (Wildman–Crippen MR) is 87.8 cm³/mol. The SMILES string of the molecule is COc1ccc(C2c3cc4c(cc3OC(C)(O)C2C)OCO4)cc1. The van der Waals surface area contributed by atoms with Gasteiger partial charge in [0.15, 0.2) is 11.5 Å². The minimum absolute atomic E-state index is 0.0239. The summed E-state index contributed by atoms with van der Waals surface area (Å²) in [6.07, 6.45) is 0. The number of fused-ring (bicyclic) bond motifs is 2. The van der Waals surface area contributed by atoms with Gasteiger partial charge in [0.25, 0.3) is 0 Å². The summed E-state index contributed by atoms with van der Waals surface area (Å²) in [5.74, 6) is 1.35. The molecule has 24 heavy (non-hydrogen) atoms. The summed E-state index contributed by atoms with van der Waals surface area (Å²) in [4.78, 5) is 0. The van der Waals surface area contributed by atoms with Crippen molar-refractivity contribution in [2.24, 2.45) is 5.92 Å². The van der Waals surface area contributed by atoms with E-state index < -0.39 is 5.79 Å². The van der Waals surface area contributed by atoms with Crippen molar-refractivity contribution >= 4 is 0 Å². The van der Waals surface area contributed by atoms with E-state index in [0.29, 0.717) is 17.2 Å². The summed E-state index contributed by atoms with van der Waals surface area (Å²) in [6, 6.07) is 11.7. The van der Waals surface area contributed by atoms with Gasteiger partial charge in [-0.05, 0) is 23.8 Å². The Morgan fingerprint density at radius 2 is 1.75 bits per heavy atom. The standard InChI is InChI=1S/C19H20O5/c1-11-18(12-4-6-13(21-3)7-5-12)14-8-16-17(23-10-22-16)9-15(14)24-19(11,2)20/h4-9,11,18,20H,10H2,1-3H3. The van der Waals surface area contributed by atoms with E-state index in [9.17, 15) is 5.11 Å². The predicted octanol–water partition coefficient (Wildman–Crippen LogP) is 3.29. The minimum atomic E-state index is -1.27. The molecule has 0 fully saturated rings. The average molecular weight is 328 g/mol. The van der Waals surface area contributed by atoms with Crippen LogP contribution < -0.4 is 18.9 Å². The van der Waals surface area contributed by atoms with Gasteiger partial charge in [0.2, 0.25) is 12.6 Å². The van der Waals surface area contributed by atoms with E-state index in [-0.39, 0.29) is 18.6 Å². The molecule has 5 heteroatoms. The van der Waals surface area contributed by atoms with E-state index in [1.807, 2.05) is 37.3 Å². The molecule has 3 unspecified atom stereocenters. The molecule has 1 N–H and O–H groups in total. The Hall–Kier alpha value is -2.40. The fourth-order valence-corrected chi connectivity index (χ4v) is 3.44. The normalized spacial score (nSPS) is 27.3. The van der Waals surface area contributed by atoms with Crippen molar-refractivity contribution in [1.82, 2.24) is 0 Å². The van der Waals surface area contributed by atoms with Gasteiger partial charge in [-0.1, -0.05) is 19.1 Å². The molecule has 0 amide bonds. The second-order valence-electron chi connectivity index (χ2n) is 6.44. The van der Waals surface area contributed by atoms with Gasteiger partial charge in [-0.15, -0.1) is 0 Å². The van der Waals surface area contributed by atoms with Crippen LogP contribution in [0.15, 0.2) is 36.4 Å². The summed E-state index contributed by atoms with van der Waals surface area (Å²) in [5, 5.41) is 10.8. The van der Waals surface area contributed by atoms with Crippen molar-refractivity contribution in [2.45, 2.75) is 25.6 Å². The van der Waals surface area contributed by atoms with Gasteiger partial charge in [-0.3, -0.25) is 0 Å². The van der Waals surface area contributed by atoms with Crippen LogP contribution in [0.4, 0.5) is 0 Å². The number of hydrogen-bond donors (Lipinski definition) is 1. The maximum absolute atomic E-state index is 10.8. The van der Waals surface area contributed by atoms with Crippen LogP contribution in [0.1, 0.15) is 30.9 Å². The van der Waals surface area contributed by atoms with Crippen LogP contribution >= 0.6 is 0 Å². The molecule has 4 rings (SSSR count). The topological polar surface area (TPSA) is 57.2 Å². The van der Waals surface area contributed by atoms with Crippen LogP contribution in [-0.4, -0.2) is 24.8 Å². The summed E-state index contributed by atoms with van der Waals surface area (Å²) in [5.41, 5.74) is 2.08. The van der Waals surface area contributed by atoms with Crippen molar-refractivity contribution in [3.63, 3.8) is 0 Å². The molecule has 2 aromatic carbocycles. The third kappa shape index (κ3) is 2.27. The Morgan fingerprint density at radius 1 is 1.08 bits per heavy atom. The van der Waals surface area contributed by atoms with Gasteiger partial charge in [0.05, 0.1) is 7.11 Å². The fraction of sp³-hybridized carbons (Fsp3) is 0.368. The first-order valence-corrected chi connectivity index (χ1v) is 7.98. The van der Waals surface area contributed by atoms with Crippen LogP contribution in [-0.2, 0) is 0 Å². The van der Waals surface area contributed by atoms with E-state index in [1.54, 1.807) is 20.1 Å². The molecule has 5 nitrogen and oxygen atoms in total. The molecule has 0 bridgehead atoms. The van der Waals surface area contributed by atoms with Crippen LogP contribution in [0.2, 0.25) is 0 Å². The van der Waals surface area contributed by atoms with Crippen molar-refractivity contribution < 1.29 is 24.1 Å². The smallest absolute Gasteiger partial charge is 0.231 e. The summed E-state index contributed by atoms with van der Waals surface area (Å²) < 4.78 is 22.0. The van der Waals surface area contributed by atoms with E-state index in [4.69, 9.17) is 18.9 Å². The van der Waals surface area contributed by atoms with Crippen LogP contribution in [0.5, 0.6) is 23.0 Å². The second-order valence-corrected chi connectivity index (χ2v) is 6.44. The zero-order chi connectivity index (χ0) is 16.9. The zero-order valence-corrected chi connectivity index (χ0v) is 13.9. The Bertz CT molecular complexity index is 766. The molecule has 0 saturated carbocycles. The monoisotopic (exact) mass is 328 g/mol. The number of ether oxygens (including phenoxy) is 4. The average Bonchev–Trinajstić information content (AvgIpc) is 3.01. The molecule has 0 saturated heterocycles. The first-order chi connectivity index (χ1) is 11.5. The molecule has 126 valence electrons. The molecule has 2 aliphatic rings. The lowest BCUT2D eigenvalue weighted by Gasteiger charge is -2.42. The van der Waals surface area contributed by atoms with Crippen molar-refractivity contribution in [3.05, 3.63) is 47.5 Å². The summed E-state index contributed by atoms with van der Waals surface area (Å²) in [6.45, 7) is 3.89. The van der Waals surface area contributed by atoms with Gasteiger partial charge in [-0.25, -0.2) is 0 Å². The molecule has 0 aromatic heterocycles. The first-order valence-electron chi connectivity index (χ1n) is 7.98. The molecular weight excluding hydrogens is 308 g/mol. The van der Waals surface area contributed by atoms with E-state index in [0.717, 1.165) is 16.9 Å². The Morgan fingerprint density at radius 3 is 2.42 bits per heavy atom. The number of aliphatic hydroxyl groups is 1. The highest BCUT2D eigenvalue weighted by atomic mass is 16.7. The Kier molecular flexibility index (Phi) is 3.35. The minimum Gasteiger partial charge on any atom is -0.497 e.